The molecule has 0 atom stereocenters. The topological polar surface area (TPSA) is 101 Å². The molecule has 1 amide bonds. The maximum atomic E-state index is 12.4. The number of hydrogen-bond donors (Lipinski definition) is 2. The number of amides is 1. The molecule has 0 aliphatic rings. The van der Waals surface area contributed by atoms with E-state index in [1.54, 1.807) is 24.3 Å². The van der Waals surface area contributed by atoms with Crippen LogP contribution in [0.5, 0.6) is 5.75 Å². The van der Waals surface area contributed by atoms with E-state index in [0.717, 1.165) is 22.4 Å². The van der Waals surface area contributed by atoms with E-state index in [0.29, 0.717) is 11.4 Å². The average molecular weight is 436 g/mol. The second-order valence-corrected chi connectivity index (χ2v) is 9.08. The van der Waals surface area contributed by atoms with Gasteiger partial charge in [-0.1, -0.05) is 12.1 Å². The molecule has 3 aromatic carbocycles. The maximum absolute atomic E-state index is 12.4. The lowest BCUT2D eigenvalue weighted by molar-refractivity contribution is -0.115. The SMILES string of the molecule is COc1ccc(S(=O)(=O)CCC(=O)Nc2ccc(-c3nc4ccccc4[nH]3)cc2)cc1. The number of aromatic amines is 1. The summed E-state index contributed by atoms with van der Waals surface area (Å²) in [4.78, 5) is 20.2. The van der Waals surface area contributed by atoms with Crippen molar-refractivity contribution in [2.24, 2.45) is 0 Å². The van der Waals surface area contributed by atoms with Crippen molar-refractivity contribution >= 4 is 32.5 Å². The molecular weight excluding hydrogens is 414 g/mol. The number of carbonyl (C=O) groups is 1. The Morgan fingerprint density at radius 3 is 2.39 bits per heavy atom. The quantitative estimate of drug-likeness (QED) is 0.456. The molecule has 0 aliphatic carbocycles. The zero-order valence-electron chi connectivity index (χ0n) is 16.8. The summed E-state index contributed by atoms with van der Waals surface area (Å²) >= 11 is 0. The molecule has 4 rings (SSSR count). The van der Waals surface area contributed by atoms with Crippen LogP contribution in [0.1, 0.15) is 6.42 Å². The second kappa shape index (κ2) is 8.61. The number of aromatic nitrogens is 2. The lowest BCUT2D eigenvalue weighted by Gasteiger charge is -2.08. The van der Waals surface area contributed by atoms with E-state index in [4.69, 9.17) is 4.74 Å². The molecule has 1 aromatic heterocycles. The highest BCUT2D eigenvalue weighted by molar-refractivity contribution is 7.91. The molecule has 158 valence electrons. The molecule has 0 saturated heterocycles. The number of sulfone groups is 1. The smallest absolute Gasteiger partial charge is 0.225 e. The third kappa shape index (κ3) is 4.75. The Labute approximate surface area is 180 Å². The largest absolute Gasteiger partial charge is 0.497 e. The van der Waals surface area contributed by atoms with Crippen molar-refractivity contribution in [3.05, 3.63) is 72.8 Å². The lowest BCUT2D eigenvalue weighted by Crippen LogP contribution is -2.17. The number of imidazole rings is 1. The van der Waals surface area contributed by atoms with Crippen LogP contribution < -0.4 is 10.1 Å². The van der Waals surface area contributed by atoms with E-state index in [9.17, 15) is 13.2 Å². The van der Waals surface area contributed by atoms with Crippen LogP contribution in [0.15, 0.2) is 77.7 Å². The predicted octanol–water partition coefficient (Wildman–Crippen LogP) is 4.04. The van der Waals surface area contributed by atoms with E-state index >= 15 is 0 Å². The van der Waals surface area contributed by atoms with Gasteiger partial charge in [-0.3, -0.25) is 4.79 Å². The monoisotopic (exact) mass is 435 g/mol. The van der Waals surface area contributed by atoms with Crippen molar-refractivity contribution in [3.63, 3.8) is 0 Å². The van der Waals surface area contributed by atoms with Crippen molar-refractivity contribution in [2.45, 2.75) is 11.3 Å². The summed E-state index contributed by atoms with van der Waals surface area (Å²) in [6.07, 6.45) is -0.139. The molecule has 0 saturated carbocycles. The predicted molar refractivity (Wildman–Crippen MR) is 120 cm³/mol. The van der Waals surface area contributed by atoms with E-state index < -0.39 is 9.84 Å². The third-order valence-corrected chi connectivity index (χ3v) is 6.58. The average Bonchev–Trinajstić information content (AvgIpc) is 3.23. The molecule has 7 nitrogen and oxygen atoms in total. The number of fused-ring (bicyclic) bond motifs is 1. The minimum atomic E-state index is -3.56. The molecule has 0 aliphatic heterocycles. The fourth-order valence-corrected chi connectivity index (χ4v) is 4.39. The maximum Gasteiger partial charge on any atom is 0.225 e. The number of anilines is 1. The number of hydrogen-bond acceptors (Lipinski definition) is 5. The number of carbonyl (C=O) groups excluding carboxylic acids is 1. The van der Waals surface area contributed by atoms with Gasteiger partial charge in [-0.05, 0) is 60.7 Å². The Bertz CT molecular complexity index is 1280. The summed E-state index contributed by atoms with van der Waals surface area (Å²) < 4.78 is 29.9. The van der Waals surface area contributed by atoms with Gasteiger partial charge in [0, 0.05) is 17.7 Å². The van der Waals surface area contributed by atoms with Gasteiger partial charge in [-0.15, -0.1) is 0 Å². The first-order valence-electron chi connectivity index (χ1n) is 9.66. The number of H-pyrrole nitrogens is 1. The number of ether oxygens (including phenoxy) is 1. The van der Waals surface area contributed by atoms with Gasteiger partial charge in [0.05, 0.1) is 28.8 Å². The molecule has 1 heterocycles. The molecule has 31 heavy (non-hydrogen) atoms. The summed E-state index contributed by atoms with van der Waals surface area (Å²) in [5.74, 6) is 0.670. The molecule has 0 unspecified atom stereocenters. The highest BCUT2D eigenvalue weighted by Crippen LogP contribution is 2.22. The Balaban J connectivity index is 1.37. The van der Waals surface area contributed by atoms with Crippen LogP contribution in [0, 0.1) is 0 Å². The van der Waals surface area contributed by atoms with Crippen molar-refractivity contribution in [2.75, 3.05) is 18.2 Å². The summed E-state index contributed by atoms with van der Waals surface area (Å²) in [6, 6.07) is 21.1. The molecular formula is C23H21N3O4S. The number of para-hydroxylation sites is 2. The Morgan fingerprint density at radius 2 is 1.71 bits per heavy atom. The summed E-state index contributed by atoms with van der Waals surface area (Å²) in [6.45, 7) is 0. The molecule has 4 aromatic rings. The van der Waals surface area contributed by atoms with Gasteiger partial charge in [-0.25, -0.2) is 13.4 Å². The molecule has 0 radical (unpaired) electrons. The highest BCUT2D eigenvalue weighted by Gasteiger charge is 2.17. The first-order valence-corrected chi connectivity index (χ1v) is 11.3. The van der Waals surface area contributed by atoms with Crippen LogP contribution in [0.2, 0.25) is 0 Å². The number of nitrogens with zero attached hydrogens (tertiary/aromatic N) is 1. The standard InChI is InChI=1S/C23H21N3O4S/c1-30-18-10-12-19(13-11-18)31(28,29)15-14-22(27)24-17-8-6-16(7-9-17)23-25-20-4-2-3-5-21(20)26-23/h2-13H,14-15H2,1H3,(H,24,27)(H,25,26). The lowest BCUT2D eigenvalue weighted by atomic mass is 10.2. The Morgan fingerprint density at radius 1 is 1.00 bits per heavy atom. The summed E-state index contributed by atoms with van der Waals surface area (Å²) in [5, 5.41) is 2.74. The number of methoxy groups -OCH3 is 1. The minimum Gasteiger partial charge on any atom is -0.497 e. The van der Waals surface area contributed by atoms with E-state index in [1.165, 1.54) is 19.2 Å². The van der Waals surface area contributed by atoms with Crippen LogP contribution in [0.3, 0.4) is 0 Å². The summed E-state index contributed by atoms with van der Waals surface area (Å²) in [7, 11) is -2.05. The van der Waals surface area contributed by atoms with Gasteiger partial charge in [-0.2, -0.15) is 0 Å². The van der Waals surface area contributed by atoms with Gasteiger partial charge in [0.25, 0.3) is 0 Å². The van der Waals surface area contributed by atoms with Crippen molar-refractivity contribution in [1.29, 1.82) is 0 Å². The van der Waals surface area contributed by atoms with Crippen LogP contribution >= 0.6 is 0 Å². The van der Waals surface area contributed by atoms with E-state index in [1.807, 2.05) is 36.4 Å². The van der Waals surface area contributed by atoms with E-state index in [-0.39, 0.29) is 23.0 Å². The fraction of sp³-hybridized carbons (Fsp3) is 0.130. The Kier molecular flexibility index (Phi) is 5.73. The van der Waals surface area contributed by atoms with Crippen molar-refractivity contribution in [3.8, 4) is 17.1 Å². The molecule has 2 N–H and O–H groups in total. The van der Waals surface area contributed by atoms with Crippen molar-refractivity contribution < 1.29 is 17.9 Å². The van der Waals surface area contributed by atoms with E-state index in [2.05, 4.69) is 15.3 Å². The number of benzene rings is 3. The zero-order chi connectivity index (χ0) is 21.8. The fourth-order valence-electron chi connectivity index (χ4n) is 3.15. The van der Waals surface area contributed by atoms with Crippen molar-refractivity contribution in [1.82, 2.24) is 9.97 Å². The van der Waals surface area contributed by atoms with Gasteiger partial charge < -0.3 is 15.0 Å². The Hall–Kier alpha value is -3.65. The zero-order valence-corrected chi connectivity index (χ0v) is 17.6. The molecule has 0 spiro atoms. The van der Waals surface area contributed by atoms with Crippen LogP contribution in [-0.2, 0) is 14.6 Å². The molecule has 8 heteroatoms. The number of rotatable bonds is 7. The van der Waals surface area contributed by atoms with Gasteiger partial charge in [0.2, 0.25) is 5.91 Å². The van der Waals surface area contributed by atoms with Gasteiger partial charge >= 0.3 is 0 Å². The number of nitrogens with one attached hydrogen (secondary N) is 2. The van der Waals surface area contributed by atoms with Crippen LogP contribution in [0.25, 0.3) is 22.4 Å². The van der Waals surface area contributed by atoms with Gasteiger partial charge in [0.1, 0.15) is 11.6 Å². The molecule has 0 fully saturated rings. The molecule has 0 bridgehead atoms. The first-order chi connectivity index (χ1) is 14.9. The second-order valence-electron chi connectivity index (χ2n) is 6.97. The highest BCUT2D eigenvalue weighted by atomic mass is 32.2. The third-order valence-electron chi connectivity index (χ3n) is 4.85. The first kappa shape index (κ1) is 20.6. The minimum absolute atomic E-state index is 0.139. The normalized spacial score (nSPS) is 11.4. The van der Waals surface area contributed by atoms with Crippen LogP contribution in [0.4, 0.5) is 5.69 Å². The van der Waals surface area contributed by atoms with Crippen LogP contribution in [-0.4, -0.2) is 37.2 Å². The van der Waals surface area contributed by atoms with Gasteiger partial charge in [0.15, 0.2) is 9.84 Å². The summed E-state index contributed by atoms with van der Waals surface area (Å²) in [5.41, 5.74) is 3.31.